The highest BCUT2D eigenvalue weighted by atomic mass is 79.9. The van der Waals surface area contributed by atoms with Crippen molar-refractivity contribution in [1.82, 2.24) is 4.98 Å². The van der Waals surface area contributed by atoms with E-state index in [9.17, 15) is 0 Å². The maximum absolute atomic E-state index is 3.75. The molecule has 66 valence electrons. The monoisotopic (exact) mass is 235 g/mol. The summed E-state index contributed by atoms with van der Waals surface area (Å²) in [5.41, 5.74) is 2.46. The number of rotatable bonds is 2. The summed E-state index contributed by atoms with van der Waals surface area (Å²) in [7, 11) is 0. The lowest BCUT2D eigenvalue weighted by Gasteiger charge is -1.93. The summed E-state index contributed by atoms with van der Waals surface area (Å²) in [5.74, 6) is 0. The zero-order valence-corrected chi connectivity index (χ0v) is 8.76. The van der Waals surface area contributed by atoms with E-state index in [1.165, 1.54) is 16.5 Å². The van der Waals surface area contributed by atoms with Crippen LogP contribution >= 0.6 is 15.9 Å². The summed E-state index contributed by atoms with van der Waals surface area (Å²) in [4.78, 5) is 3.28. The molecule has 0 unspecified atom stereocenters. The minimum atomic E-state index is 0.893. The van der Waals surface area contributed by atoms with E-state index in [1.54, 1.807) is 0 Å². The van der Waals surface area contributed by atoms with Gasteiger partial charge in [0.25, 0.3) is 0 Å². The van der Waals surface area contributed by atoms with Crippen LogP contribution in [0.4, 0.5) is 0 Å². The summed E-state index contributed by atoms with van der Waals surface area (Å²) in [6.45, 7) is 3.75. The molecule has 0 fully saturated rings. The minimum Gasteiger partial charge on any atom is -0.349 e. The smallest absolute Gasteiger partial charge is 0.0866 e. The zero-order valence-electron chi connectivity index (χ0n) is 7.18. The molecule has 0 bridgehead atoms. The molecular formula is C11H10BrN. The fraction of sp³-hybridized carbons (Fsp3) is 0.0909. The number of hydrogen-bond acceptors (Lipinski definition) is 0. The standard InChI is InChI=1S/C11H10BrN/c1-2-5-9-8-6-3-4-7-10(8)13-11(9)12/h2-4,6-7,13H,1,5H2. The second kappa shape index (κ2) is 3.38. The zero-order chi connectivity index (χ0) is 9.26. The predicted octanol–water partition coefficient (Wildman–Crippen LogP) is 3.66. The number of H-pyrrole nitrogens is 1. The van der Waals surface area contributed by atoms with Crippen LogP contribution in [0, 0.1) is 0 Å². The van der Waals surface area contributed by atoms with Crippen LogP contribution in [0.2, 0.25) is 0 Å². The fourth-order valence-electron chi connectivity index (χ4n) is 1.51. The van der Waals surface area contributed by atoms with Gasteiger partial charge in [-0.25, -0.2) is 0 Å². The quantitative estimate of drug-likeness (QED) is 0.766. The Morgan fingerprint density at radius 3 is 2.92 bits per heavy atom. The van der Waals surface area contributed by atoms with Crippen molar-refractivity contribution < 1.29 is 0 Å². The number of benzene rings is 1. The molecule has 0 aliphatic rings. The van der Waals surface area contributed by atoms with E-state index in [4.69, 9.17) is 0 Å². The average molecular weight is 236 g/mol. The third-order valence-electron chi connectivity index (χ3n) is 2.11. The lowest BCUT2D eigenvalue weighted by Crippen LogP contribution is -1.77. The van der Waals surface area contributed by atoms with Crippen molar-refractivity contribution in [2.45, 2.75) is 6.42 Å². The Bertz CT molecular complexity index is 442. The summed E-state index contributed by atoms with van der Waals surface area (Å²) in [6.07, 6.45) is 2.81. The average Bonchev–Trinajstić information content (AvgIpc) is 2.44. The summed E-state index contributed by atoms with van der Waals surface area (Å²) >= 11 is 3.51. The third kappa shape index (κ3) is 1.42. The van der Waals surface area contributed by atoms with Crippen LogP contribution in [0.1, 0.15) is 5.56 Å². The van der Waals surface area contributed by atoms with Gasteiger partial charge < -0.3 is 4.98 Å². The van der Waals surface area contributed by atoms with Gasteiger partial charge in [-0.3, -0.25) is 0 Å². The third-order valence-corrected chi connectivity index (χ3v) is 2.79. The Morgan fingerprint density at radius 2 is 2.15 bits per heavy atom. The molecule has 1 aromatic carbocycles. The van der Waals surface area contributed by atoms with Crippen LogP contribution < -0.4 is 0 Å². The van der Waals surface area contributed by atoms with Gasteiger partial charge in [-0.1, -0.05) is 24.3 Å². The molecule has 13 heavy (non-hydrogen) atoms. The first-order chi connectivity index (χ1) is 6.33. The second-order valence-corrected chi connectivity index (χ2v) is 3.75. The van der Waals surface area contributed by atoms with Gasteiger partial charge in [-0.15, -0.1) is 6.58 Å². The Labute approximate surface area is 85.6 Å². The molecule has 0 radical (unpaired) electrons. The number of nitrogens with one attached hydrogen (secondary N) is 1. The van der Waals surface area contributed by atoms with Gasteiger partial charge >= 0.3 is 0 Å². The fourth-order valence-corrected chi connectivity index (χ4v) is 2.10. The largest absolute Gasteiger partial charge is 0.349 e. The number of aromatic amines is 1. The van der Waals surface area contributed by atoms with E-state index in [2.05, 4.69) is 45.7 Å². The number of fused-ring (bicyclic) bond motifs is 1. The van der Waals surface area contributed by atoms with Gasteiger partial charge in [0, 0.05) is 10.9 Å². The highest BCUT2D eigenvalue weighted by molar-refractivity contribution is 9.10. The number of para-hydroxylation sites is 1. The maximum atomic E-state index is 3.75. The van der Waals surface area contributed by atoms with Crippen LogP contribution in [0.5, 0.6) is 0 Å². The van der Waals surface area contributed by atoms with Gasteiger partial charge in [0.1, 0.15) is 0 Å². The maximum Gasteiger partial charge on any atom is 0.0866 e. The molecule has 0 saturated carbocycles. The molecule has 0 amide bonds. The molecule has 2 rings (SSSR count). The molecule has 0 saturated heterocycles. The van der Waals surface area contributed by atoms with Gasteiger partial charge in [-0.2, -0.15) is 0 Å². The predicted molar refractivity (Wildman–Crippen MR) is 59.9 cm³/mol. The van der Waals surface area contributed by atoms with Crippen LogP contribution in [0.3, 0.4) is 0 Å². The van der Waals surface area contributed by atoms with Crippen molar-refractivity contribution in [3.8, 4) is 0 Å². The van der Waals surface area contributed by atoms with Gasteiger partial charge in [0.05, 0.1) is 4.60 Å². The number of allylic oxidation sites excluding steroid dienone is 1. The molecule has 1 heterocycles. The van der Waals surface area contributed by atoms with E-state index in [0.29, 0.717) is 0 Å². The van der Waals surface area contributed by atoms with Crippen molar-refractivity contribution in [3.63, 3.8) is 0 Å². The lowest BCUT2D eigenvalue weighted by atomic mass is 10.1. The SMILES string of the molecule is C=CCc1c(Br)[nH]c2ccccc12. The topological polar surface area (TPSA) is 15.8 Å². The molecule has 1 N–H and O–H groups in total. The first-order valence-corrected chi connectivity index (χ1v) is 4.98. The van der Waals surface area contributed by atoms with Gasteiger partial charge in [0.2, 0.25) is 0 Å². The van der Waals surface area contributed by atoms with Crippen molar-refractivity contribution in [3.05, 3.63) is 47.1 Å². The summed E-state index contributed by atoms with van der Waals surface area (Å²) in [5, 5.41) is 1.27. The molecule has 1 aromatic heterocycles. The first kappa shape index (κ1) is 8.57. The van der Waals surface area contributed by atoms with Gasteiger partial charge in [-0.05, 0) is 34.0 Å². The highest BCUT2D eigenvalue weighted by Crippen LogP contribution is 2.26. The molecule has 0 atom stereocenters. The molecule has 2 aromatic rings. The molecule has 1 nitrogen and oxygen atoms in total. The molecular weight excluding hydrogens is 226 g/mol. The van der Waals surface area contributed by atoms with Gasteiger partial charge in [0.15, 0.2) is 0 Å². The molecule has 2 heteroatoms. The molecule has 0 spiro atoms. The van der Waals surface area contributed by atoms with Crippen molar-refractivity contribution in [2.24, 2.45) is 0 Å². The van der Waals surface area contributed by atoms with Crippen molar-refractivity contribution in [2.75, 3.05) is 0 Å². The Balaban J connectivity index is 2.70. The van der Waals surface area contributed by atoms with Crippen LogP contribution in [0.15, 0.2) is 41.5 Å². The van der Waals surface area contributed by atoms with E-state index in [0.717, 1.165) is 11.0 Å². The van der Waals surface area contributed by atoms with Crippen LogP contribution in [-0.2, 0) is 6.42 Å². The number of halogens is 1. The van der Waals surface area contributed by atoms with Crippen molar-refractivity contribution in [1.29, 1.82) is 0 Å². The van der Waals surface area contributed by atoms with Crippen LogP contribution in [-0.4, -0.2) is 4.98 Å². The molecule has 0 aliphatic heterocycles. The van der Waals surface area contributed by atoms with E-state index in [1.807, 2.05) is 12.1 Å². The van der Waals surface area contributed by atoms with Crippen molar-refractivity contribution >= 4 is 26.8 Å². The normalized spacial score (nSPS) is 10.5. The summed E-state index contributed by atoms with van der Waals surface area (Å²) in [6, 6.07) is 8.28. The van der Waals surface area contributed by atoms with Crippen LogP contribution in [0.25, 0.3) is 10.9 Å². The second-order valence-electron chi connectivity index (χ2n) is 2.96. The van der Waals surface area contributed by atoms with E-state index < -0.39 is 0 Å². The Kier molecular flexibility index (Phi) is 2.23. The first-order valence-electron chi connectivity index (χ1n) is 4.19. The Hall–Kier alpha value is -1.02. The molecule has 0 aliphatic carbocycles. The minimum absolute atomic E-state index is 0.893. The lowest BCUT2D eigenvalue weighted by molar-refractivity contribution is 1.25. The number of hydrogen-bond donors (Lipinski definition) is 1. The van der Waals surface area contributed by atoms with E-state index >= 15 is 0 Å². The van der Waals surface area contributed by atoms with E-state index in [-0.39, 0.29) is 0 Å². The highest BCUT2D eigenvalue weighted by Gasteiger charge is 2.06. The number of aromatic nitrogens is 1. The summed E-state index contributed by atoms with van der Waals surface area (Å²) < 4.78 is 1.06. The Morgan fingerprint density at radius 1 is 1.38 bits per heavy atom.